The molecule has 0 N–H and O–H groups in total. The van der Waals surface area contributed by atoms with Gasteiger partial charge in [0.2, 0.25) is 0 Å². The Kier molecular flexibility index (Phi) is 4.16. The fourth-order valence-electron chi connectivity index (χ4n) is 2.12. The second-order valence-electron chi connectivity index (χ2n) is 4.72. The van der Waals surface area contributed by atoms with Gasteiger partial charge in [-0.25, -0.2) is 4.98 Å². The molecule has 0 radical (unpaired) electrons. The molecule has 2 unspecified atom stereocenters. The minimum atomic E-state index is -0.711. The zero-order chi connectivity index (χ0) is 13.1. The smallest absolute Gasteiger partial charge is 0.318 e. The average molecular weight is 269 g/mol. The number of ether oxygens (including phenoxy) is 1. The van der Waals surface area contributed by atoms with Crippen LogP contribution in [-0.2, 0) is 10.8 Å². The van der Waals surface area contributed by atoms with Crippen molar-refractivity contribution >= 4 is 16.6 Å². The van der Waals surface area contributed by atoms with E-state index in [2.05, 4.69) is 21.8 Å². The minimum absolute atomic E-state index is 0.392. The molecule has 1 aromatic rings. The largest absolute Gasteiger partial charge is 0.467 e. The van der Waals surface area contributed by atoms with Crippen molar-refractivity contribution in [2.24, 2.45) is 5.92 Å². The highest BCUT2D eigenvalue weighted by Crippen LogP contribution is 2.19. The van der Waals surface area contributed by atoms with E-state index in [0.717, 1.165) is 30.4 Å². The van der Waals surface area contributed by atoms with Crippen molar-refractivity contribution in [2.75, 3.05) is 36.6 Å². The van der Waals surface area contributed by atoms with Crippen LogP contribution in [0.25, 0.3) is 0 Å². The third-order valence-corrected chi connectivity index (χ3v) is 4.50. The topological polar surface area (TPSA) is 55.3 Å². The summed E-state index contributed by atoms with van der Waals surface area (Å²) < 4.78 is 16.8. The Bertz CT molecular complexity index is 453. The van der Waals surface area contributed by atoms with E-state index in [9.17, 15) is 4.21 Å². The highest BCUT2D eigenvalue weighted by Gasteiger charge is 2.20. The van der Waals surface area contributed by atoms with Crippen LogP contribution in [0.15, 0.2) is 6.07 Å². The lowest BCUT2D eigenvalue weighted by Gasteiger charge is -2.23. The fourth-order valence-corrected chi connectivity index (χ4v) is 3.45. The van der Waals surface area contributed by atoms with Crippen LogP contribution in [0.4, 0.5) is 5.82 Å². The number of nitrogens with zero attached hydrogens (tertiary/aromatic N) is 3. The first-order valence-electron chi connectivity index (χ1n) is 6.08. The lowest BCUT2D eigenvalue weighted by atomic mass is 10.2. The Morgan fingerprint density at radius 3 is 3.00 bits per heavy atom. The molecule has 100 valence electrons. The molecular formula is C12H19N3O2S. The van der Waals surface area contributed by atoms with Crippen LogP contribution in [0.1, 0.15) is 12.6 Å². The van der Waals surface area contributed by atoms with Crippen LogP contribution in [-0.4, -0.2) is 45.9 Å². The lowest BCUT2D eigenvalue weighted by molar-refractivity contribution is 0.378. The molecule has 0 bridgehead atoms. The first kappa shape index (κ1) is 13.3. The number of anilines is 1. The van der Waals surface area contributed by atoms with Gasteiger partial charge in [-0.05, 0) is 12.8 Å². The molecule has 6 heteroatoms. The number of aryl methyl sites for hydroxylation is 1. The van der Waals surface area contributed by atoms with Crippen LogP contribution in [0, 0.1) is 12.8 Å². The molecule has 1 fully saturated rings. The normalized spacial score (nSPS) is 24.7. The summed E-state index contributed by atoms with van der Waals surface area (Å²) in [5.41, 5.74) is 0.884. The van der Waals surface area contributed by atoms with Crippen molar-refractivity contribution in [1.82, 2.24) is 9.97 Å². The standard InChI is InChI=1S/C12H19N3O2S/c1-9-7-15(4-5-18(16)8-9)11-6-10(2)13-12(14-11)17-3/h6,9H,4-5,7-8H2,1-3H3. The number of methoxy groups -OCH3 is 1. The van der Waals surface area contributed by atoms with Gasteiger partial charge in [0.05, 0.1) is 7.11 Å². The maximum Gasteiger partial charge on any atom is 0.318 e. The lowest BCUT2D eigenvalue weighted by Crippen LogP contribution is -2.30. The Labute approximate surface area is 110 Å². The van der Waals surface area contributed by atoms with Crippen molar-refractivity contribution in [2.45, 2.75) is 13.8 Å². The maximum atomic E-state index is 11.7. The summed E-state index contributed by atoms with van der Waals surface area (Å²) in [5.74, 6) is 2.76. The van der Waals surface area contributed by atoms with Crippen molar-refractivity contribution in [3.8, 4) is 6.01 Å². The summed E-state index contributed by atoms with van der Waals surface area (Å²) in [6, 6.07) is 2.34. The van der Waals surface area contributed by atoms with Gasteiger partial charge in [0.1, 0.15) is 5.82 Å². The monoisotopic (exact) mass is 269 g/mol. The van der Waals surface area contributed by atoms with E-state index in [0.29, 0.717) is 17.7 Å². The molecule has 0 aliphatic carbocycles. The third-order valence-electron chi connectivity index (χ3n) is 2.92. The van der Waals surface area contributed by atoms with Crippen molar-refractivity contribution in [3.05, 3.63) is 11.8 Å². The van der Waals surface area contributed by atoms with Crippen molar-refractivity contribution in [1.29, 1.82) is 0 Å². The molecule has 0 aromatic carbocycles. The number of rotatable bonds is 2. The fraction of sp³-hybridized carbons (Fsp3) is 0.667. The van der Waals surface area contributed by atoms with E-state index >= 15 is 0 Å². The van der Waals surface area contributed by atoms with Crippen molar-refractivity contribution in [3.63, 3.8) is 0 Å². The van der Waals surface area contributed by atoms with Gasteiger partial charge < -0.3 is 9.64 Å². The quantitative estimate of drug-likeness (QED) is 0.801. The predicted octanol–water partition coefficient (Wildman–Crippen LogP) is 0.998. The van der Waals surface area contributed by atoms with E-state index in [1.54, 1.807) is 7.11 Å². The van der Waals surface area contributed by atoms with E-state index in [1.807, 2.05) is 13.0 Å². The minimum Gasteiger partial charge on any atom is -0.467 e. The second-order valence-corrected chi connectivity index (χ2v) is 6.34. The highest BCUT2D eigenvalue weighted by atomic mass is 32.2. The van der Waals surface area contributed by atoms with Crippen LogP contribution >= 0.6 is 0 Å². The number of hydrogen-bond donors (Lipinski definition) is 0. The van der Waals surface area contributed by atoms with Crippen LogP contribution in [0.2, 0.25) is 0 Å². The molecule has 1 saturated heterocycles. The zero-order valence-electron chi connectivity index (χ0n) is 11.0. The van der Waals surface area contributed by atoms with Gasteiger partial charge in [-0.1, -0.05) is 6.92 Å². The van der Waals surface area contributed by atoms with Crippen molar-refractivity contribution < 1.29 is 8.95 Å². The Morgan fingerprint density at radius 2 is 2.28 bits per heavy atom. The van der Waals surface area contributed by atoms with Gasteiger partial charge in [0.25, 0.3) is 0 Å². The van der Waals surface area contributed by atoms with E-state index < -0.39 is 10.8 Å². The van der Waals surface area contributed by atoms with Gasteiger partial charge >= 0.3 is 6.01 Å². The molecule has 1 aliphatic rings. The first-order chi connectivity index (χ1) is 8.58. The SMILES string of the molecule is COc1nc(C)cc(N2CCS(=O)CC(C)C2)n1. The molecule has 5 nitrogen and oxygen atoms in total. The summed E-state index contributed by atoms with van der Waals surface area (Å²) in [5, 5.41) is 0. The average Bonchev–Trinajstić information content (AvgIpc) is 2.49. The molecule has 1 aromatic heterocycles. The maximum absolute atomic E-state index is 11.7. The summed E-state index contributed by atoms with van der Waals surface area (Å²) in [7, 11) is 0.857. The number of hydrogen-bond acceptors (Lipinski definition) is 5. The van der Waals surface area contributed by atoms with E-state index in [-0.39, 0.29) is 0 Å². The zero-order valence-corrected chi connectivity index (χ0v) is 11.9. The van der Waals surface area contributed by atoms with Crippen LogP contribution < -0.4 is 9.64 Å². The molecule has 18 heavy (non-hydrogen) atoms. The summed E-state index contributed by atoms with van der Waals surface area (Å²) in [6.07, 6.45) is 0. The summed E-state index contributed by atoms with van der Waals surface area (Å²) in [6.45, 7) is 5.70. The second kappa shape index (κ2) is 5.65. The molecule has 2 rings (SSSR count). The van der Waals surface area contributed by atoms with Crippen LogP contribution in [0.5, 0.6) is 6.01 Å². The highest BCUT2D eigenvalue weighted by molar-refractivity contribution is 7.85. The first-order valence-corrected chi connectivity index (χ1v) is 7.57. The summed E-state index contributed by atoms with van der Waals surface area (Å²) >= 11 is 0. The predicted molar refractivity (Wildman–Crippen MR) is 72.6 cm³/mol. The molecule has 1 aliphatic heterocycles. The van der Waals surface area contributed by atoms with E-state index in [4.69, 9.17) is 4.74 Å². The molecule has 0 spiro atoms. The van der Waals surface area contributed by atoms with Gasteiger partial charge in [-0.3, -0.25) is 4.21 Å². The van der Waals surface area contributed by atoms with Gasteiger partial charge in [-0.15, -0.1) is 0 Å². The molecule has 0 amide bonds. The molecule has 2 atom stereocenters. The third kappa shape index (κ3) is 3.19. The number of aromatic nitrogens is 2. The summed E-state index contributed by atoms with van der Waals surface area (Å²) in [4.78, 5) is 10.7. The molecule has 0 saturated carbocycles. The Morgan fingerprint density at radius 1 is 1.50 bits per heavy atom. The Balaban J connectivity index is 2.24. The molecule has 2 heterocycles. The van der Waals surface area contributed by atoms with Crippen LogP contribution in [0.3, 0.4) is 0 Å². The van der Waals surface area contributed by atoms with Gasteiger partial charge in [0.15, 0.2) is 0 Å². The van der Waals surface area contributed by atoms with Gasteiger partial charge in [0, 0.05) is 47.2 Å². The van der Waals surface area contributed by atoms with E-state index in [1.165, 1.54) is 0 Å². The Hall–Kier alpha value is -1.17. The molecular weight excluding hydrogens is 250 g/mol. The van der Waals surface area contributed by atoms with Gasteiger partial charge in [-0.2, -0.15) is 4.98 Å².